The third-order valence-electron chi connectivity index (χ3n) is 2.77. The Morgan fingerprint density at radius 3 is 2.90 bits per heavy atom. The number of nitro groups is 1. The first-order valence-corrected chi connectivity index (χ1v) is 5.72. The zero-order valence-corrected chi connectivity index (χ0v) is 10.4. The van der Waals surface area contributed by atoms with Crippen LogP contribution in [-0.4, -0.2) is 24.9 Å². The first-order chi connectivity index (χ1) is 9.65. The molecule has 1 N–H and O–H groups in total. The Labute approximate surface area is 112 Å². The standard InChI is InChI=1S/C12H9N5O3/c1-7-4-8(2-3-9(7)17(18)19)20-12-10-11(14-5-13-10)15-6-16-12/h2-6H,1H3,(H,13,14,15,16). The van der Waals surface area contributed by atoms with Gasteiger partial charge in [-0.05, 0) is 19.1 Å². The summed E-state index contributed by atoms with van der Waals surface area (Å²) >= 11 is 0. The van der Waals surface area contributed by atoms with Gasteiger partial charge in [-0.2, -0.15) is 4.98 Å². The number of nitrogens with one attached hydrogen (secondary N) is 1. The molecule has 8 heteroatoms. The smallest absolute Gasteiger partial charge is 0.272 e. The van der Waals surface area contributed by atoms with E-state index in [2.05, 4.69) is 19.9 Å². The van der Waals surface area contributed by atoms with Crippen molar-refractivity contribution in [3.05, 3.63) is 46.5 Å². The molecule has 0 atom stereocenters. The molecule has 0 aliphatic carbocycles. The highest BCUT2D eigenvalue weighted by molar-refractivity contribution is 5.75. The van der Waals surface area contributed by atoms with E-state index in [1.54, 1.807) is 13.0 Å². The quantitative estimate of drug-likeness (QED) is 0.578. The van der Waals surface area contributed by atoms with Crippen LogP contribution in [0.3, 0.4) is 0 Å². The summed E-state index contributed by atoms with van der Waals surface area (Å²) in [5.41, 5.74) is 1.63. The van der Waals surface area contributed by atoms with Gasteiger partial charge in [0, 0.05) is 11.6 Å². The van der Waals surface area contributed by atoms with E-state index in [0.29, 0.717) is 28.4 Å². The number of aryl methyl sites for hydroxylation is 1. The Morgan fingerprint density at radius 2 is 2.15 bits per heavy atom. The second kappa shape index (κ2) is 4.57. The molecule has 0 radical (unpaired) electrons. The van der Waals surface area contributed by atoms with E-state index in [1.165, 1.54) is 24.8 Å². The predicted octanol–water partition coefficient (Wildman–Crippen LogP) is 2.36. The van der Waals surface area contributed by atoms with Crippen molar-refractivity contribution in [2.45, 2.75) is 6.92 Å². The molecule has 0 aliphatic rings. The lowest BCUT2D eigenvalue weighted by Gasteiger charge is -2.06. The van der Waals surface area contributed by atoms with Gasteiger partial charge in [-0.1, -0.05) is 0 Å². The van der Waals surface area contributed by atoms with Crippen molar-refractivity contribution < 1.29 is 9.66 Å². The zero-order chi connectivity index (χ0) is 14.1. The number of hydrogen-bond acceptors (Lipinski definition) is 6. The summed E-state index contributed by atoms with van der Waals surface area (Å²) in [7, 11) is 0. The highest BCUT2D eigenvalue weighted by atomic mass is 16.6. The van der Waals surface area contributed by atoms with Gasteiger partial charge in [-0.3, -0.25) is 10.1 Å². The number of hydrogen-bond donors (Lipinski definition) is 1. The summed E-state index contributed by atoms with van der Waals surface area (Å²) in [5.74, 6) is 0.781. The third-order valence-corrected chi connectivity index (χ3v) is 2.77. The molecule has 0 unspecified atom stereocenters. The Balaban J connectivity index is 1.97. The zero-order valence-electron chi connectivity index (χ0n) is 10.4. The van der Waals surface area contributed by atoms with Crippen molar-refractivity contribution in [2.75, 3.05) is 0 Å². The normalized spacial score (nSPS) is 10.7. The summed E-state index contributed by atoms with van der Waals surface area (Å²) in [6.45, 7) is 1.65. The van der Waals surface area contributed by atoms with E-state index < -0.39 is 4.92 Å². The number of aromatic nitrogens is 4. The Kier molecular flexibility index (Phi) is 2.75. The molecule has 0 saturated carbocycles. The molecule has 3 aromatic rings. The van der Waals surface area contributed by atoms with Crippen molar-refractivity contribution in [1.29, 1.82) is 0 Å². The van der Waals surface area contributed by atoms with Gasteiger partial charge >= 0.3 is 0 Å². The van der Waals surface area contributed by atoms with Crippen LogP contribution in [0.2, 0.25) is 0 Å². The van der Waals surface area contributed by atoms with E-state index in [4.69, 9.17) is 4.74 Å². The predicted molar refractivity (Wildman–Crippen MR) is 69.6 cm³/mol. The van der Waals surface area contributed by atoms with Crippen LogP contribution in [0.4, 0.5) is 5.69 Å². The summed E-state index contributed by atoms with van der Waals surface area (Å²) < 4.78 is 5.62. The molecular formula is C12H9N5O3. The van der Waals surface area contributed by atoms with E-state index in [0.717, 1.165) is 0 Å². The van der Waals surface area contributed by atoms with Gasteiger partial charge in [-0.15, -0.1) is 0 Å². The summed E-state index contributed by atoms with van der Waals surface area (Å²) in [4.78, 5) is 25.2. The molecule has 0 aliphatic heterocycles. The van der Waals surface area contributed by atoms with Crippen molar-refractivity contribution in [3.8, 4) is 11.6 Å². The second-order valence-electron chi connectivity index (χ2n) is 4.09. The van der Waals surface area contributed by atoms with Crippen LogP contribution in [0.15, 0.2) is 30.9 Å². The van der Waals surface area contributed by atoms with Crippen LogP contribution in [0, 0.1) is 17.0 Å². The molecule has 8 nitrogen and oxygen atoms in total. The van der Waals surface area contributed by atoms with Gasteiger partial charge in [0.15, 0.2) is 5.65 Å². The number of fused-ring (bicyclic) bond motifs is 1. The molecule has 2 heterocycles. The molecule has 0 bridgehead atoms. The topological polar surface area (TPSA) is 107 Å². The van der Waals surface area contributed by atoms with E-state index in [9.17, 15) is 10.1 Å². The second-order valence-corrected chi connectivity index (χ2v) is 4.09. The number of ether oxygens (including phenoxy) is 1. The largest absolute Gasteiger partial charge is 0.437 e. The number of imidazole rings is 1. The maximum atomic E-state index is 10.8. The number of H-pyrrole nitrogens is 1. The number of aromatic amines is 1. The van der Waals surface area contributed by atoms with Crippen LogP contribution < -0.4 is 4.74 Å². The first kappa shape index (κ1) is 12.0. The molecular weight excluding hydrogens is 262 g/mol. The molecule has 3 rings (SSSR count). The minimum atomic E-state index is -0.434. The Morgan fingerprint density at radius 1 is 1.30 bits per heavy atom. The molecule has 20 heavy (non-hydrogen) atoms. The Hall–Kier alpha value is -3.03. The molecule has 2 aromatic heterocycles. The van der Waals surface area contributed by atoms with Gasteiger partial charge in [0.25, 0.3) is 5.69 Å². The minimum Gasteiger partial charge on any atom is -0.437 e. The van der Waals surface area contributed by atoms with Gasteiger partial charge in [0.05, 0.1) is 11.3 Å². The fourth-order valence-electron chi connectivity index (χ4n) is 1.83. The van der Waals surface area contributed by atoms with Crippen LogP contribution in [0.5, 0.6) is 11.6 Å². The lowest BCUT2D eigenvalue weighted by Crippen LogP contribution is -1.94. The summed E-state index contributed by atoms with van der Waals surface area (Å²) in [6.07, 6.45) is 2.84. The molecule has 1 aromatic carbocycles. The molecule has 0 saturated heterocycles. The Bertz CT molecular complexity index is 799. The van der Waals surface area contributed by atoms with Crippen LogP contribution in [0.1, 0.15) is 5.56 Å². The maximum Gasteiger partial charge on any atom is 0.272 e. The van der Waals surface area contributed by atoms with Crippen molar-refractivity contribution in [3.63, 3.8) is 0 Å². The lowest BCUT2D eigenvalue weighted by atomic mass is 10.2. The average Bonchev–Trinajstić information content (AvgIpc) is 2.87. The van der Waals surface area contributed by atoms with Crippen molar-refractivity contribution >= 4 is 16.9 Å². The maximum absolute atomic E-state index is 10.8. The SMILES string of the molecule is Cc1cc(Oc2ncnc3nc[nH]c23)ccc1[N+](=O)[O-]. The number of benzene rings is 1. The number of rotatable bonds is 3. The number of nitrogens with zero attached hydrogens (tertiary/aromatic N) is 4. The van der Waals surface area contributed by atoms with Crippen LogP contribution in [0.25, 0.3) is 11.2 Å². The van der Waals surface area contributed by atoms with E-state index in [1.807, 2.05) is 0 Å². The van der Waals surface area contributed by atoms with Gasteiger partial charge < -0.3 is 9.72 Å². The highest BCUT2D eigenvalue weighted by Crippen LogP contribution is 2.28. The van der Waals surface area contributed by atoms with E-state index in [-0.39, 0.29) is 5.69 Å². The van der Waals surface area contributed by atoms with E-state index >= 15 is 0 Å². The van der Waals surface area contributed by atoms with Gasteiger partial charge in [0.1, 0.15) is 17.6 Å². The summed E-state index contributed by atoms with van der Waals surface area (Å²) in [6, 6.07) is 4.51. The molecule has 0 amide bonds. The highest BCUT2D eigenvalue weighted by Gasteiger charge is 2.13. The van der Waals surface area contributed by atoms with Gasteiger partial charge in [0.2, 0.25) is 5.88 Å². The van der Waals surface area contributed by atoms with Gasteiger partial charge in [-0.25, -0.2) is 9.97 Å². The minimum absolute atomic E-state index is 0.0479. The molecule has 100 valence electrons. The third kappa shape index (κ3) is 2.03. The van der Waals surface area contributed by atoms with Crippen molar-refractivity contribution in [2.24, 2.45) is 0 Å². The van der Waals surface area contributed by atoms with Crippen LogP contribution >= 0.6 is 0 Å². The first-order valence-electron chi connectivity index (χ1n) is 5.72. The lowest BCUT2D eigenvalue weighted by molar-refractivity contribution is -0.385. The average molecular weight is 271 g/mol. The monoisotopic (exact) mass is 271 g/mol. The van der Waals surface area contributed by atoms with Crippen molar-refractivity contribution in [1.82, 2.24) is 19.9 Å². The fraction of sp³-hybridized carbons (Fsp3) is 0.0833. The van der Waals surface area contributed by atoms with Crippen LogP contribution in [-0.2, 0) is 0 Å². The molecule has 0 spiro atoms. The number of nitro benzene ring substituents is 1. The summed E-state index contributed by atoms with van der Waals surface area (Å²) in [5, 5.41) is 10.8. The molecule has 0 fully saturated rings. The fourth-order valence-corrected chi connectivity index (χ4v) is 1.83.